The maximum Gasteiger partial charge on any atom is 0.332 e. The van der Waals surface area contributed by atoms with Crippen LogP contribution in [0.5, 0.6) is 0 Å². The van der Waals surface area contributed by atoms with E-state index in [1.54, 1.807) is 20.9 Å². The van der Waals surface area contributed by atoms with E-state index in [-0.39, 0.29) is 23.6 Å². The molecule has 136 valence electrons. The van der Waals surface area contributed by atoms with Crippen molar-refractivity contribution in [3.8, 4) is 0 Å². The summed E-state index contributed by atoms with van der Waals surface area (Å²) in [6.45, 7) is 5.71. The normalized spacial score (nSPS) is 12.4. The van der Waals surface area contributed by atoms with Gasteiger partial charge in [0.15, 0.2) is 5.65 Å². The summed E-state index contributed by atoms with van der Waals surface area (Å²) >= 11 is 1.14. The van der Waals surface area contributed by atoms with Crippen LogP contribution in [0.3, 0.4) is 0 Å². The van der Waals surface area contributed by atoms with E-state index < -0.39 is 16.5 Å². The first-order valence-corrected chi connectivity index (χ1v) is 8.99. The second kappa shape index (κ2) is 7.81. The Morgan fingerprint density at radius 1 is 1.20 bits per heavy atom. The van der Waals surface area contributed by atoms with Gasteiger partial charge in [0, 0.05) is 20.5 Å². The van der Waals surface area contributed by atoms with E-state index in [1.165, 1.54) is 11.6 Å². The van der Waals surface area contributed by atoms with Crippen molar-refractivity contribution in [1.82, 2.24) is 19.1 Å². The highest BCUT2D eigenvalue weighted by Gasteiger charge is 2.22. The minimum Gasteiger partial charge on any atom is -0.465 e. The van der Waals surface area contributed by atoms with Gasteiger partial charge in [-0.1, -0.05) is 18.7 Å². The lowest BCUT2D eigenvalue weighted by atomic mass is 10.3. The van der Waals surface area contributed by atoms with Crippen molar-refractivity contribution in [1.29, 1.82) is 0 Å². The highest BCUT2D eigenvalue weighted by Crippen LogP contribution is 2.27. The minimum atomic E-state index is -0.533. The highest BCUT2D eigenvalue weighted by molar-refractivity contribution is 8.00. The SMILES string of the molecule is CCCc1nc(S[C@H](C)C(=O)OCC)c2c(=O)n(C)c(=O)n(C)c2n1. The fourth-order valence-corrected chi connectivity index (χ4v) is 3.32. The van der Waals surface area contributed by atoms with Gasteiger partial charge in [0.25, 0.3) is 5.56 Å². The number of esters is 1. The molecule has 25 heavy (non-hydrogen) atoms. The number of aromatic nitrogens is 4. The van der Waals surface area contributed by atoms with Crippen molar-refractivity contribution < 1.29 is 9.53 Å². The van der Waals surface area contributed by atoms with Gasteiger partial charge in [0.2, 0.25) is 0 Å². The lowest BCUT2D eigenvalue weighted by molar-refractivity contribution is -0.142. The van der Waals surface area contributed by atoms with Crippen molar-refractivity contribution >= 4 is 28.8 Å². The third-order valence-electron chi connectivity index (χ3n) is 3.69. The minimum absolute atomic E-state index is 0.241. The van der Waals surface area contributed by atoms with Crippen LogP contribution in [0.15, 0.2) is 14.6 Å². The molecule has 0 amide bonds. The van der Waals surface area contributed by atoms with Crippen LogP contribution in [0, 0.1) is 0 Å². The summed E-state index contributed by atoms with van der Waals surface area (Å²) in [6, 6.07) is 0. The number of thioether (sulfide) groups is 1. The zero-order chi connectivity index (χ0) is 18.7. The largest absolute Gasteiger partial charge is 0.465 e. The molecule has 1 atom stereocenters. The van der Waals surface area contributed by atoms with Gasteiger partial charge in [-0.15, -0.1) is 0 Å². The van der Waals surface area contributed by atoms with E-state index in [9.17, 15) is 14.4 Å². The summed E-state index contributed by atoms with van der Waals surface area (Å²) < 4.78 is 7.37. The molecule has 0 bridgehead atoms. The number of fused-ring (bicyclic) bond motifs is 1. The molecule has 0 aromatic carbocycles. The Hall–Kier alpha value is -2.16. The number of ether oxygens (including phenoxy) is 1. The smallest absolute Gasteiger partial charge is 0.332 e. The van der Waals surface area contributed by atoms with Crippen LogP contribution >= 0.6 is 11.8 Å². The number of nitrogens with zero attached hydrogens (tertiary/aromatic N) is 4. The van der Waals surface area contributed by atoms with Crippen molar-refractivity contribution in [2.75, 3.05) is 6.61 Å². The number of hydrogen-bond acceptors (Lipinski definition) is 7. The molecule has 0 unspecified atom stereocenters. The third kappa shape index (κ3) is 3.76. The van der Waals surface area contributed by atoms with Crippen LogP contribution in [0.4, 0.5) is 0 Å². The van der Waals surface area contributed by atoms with Crippen molar-refractivity contribution in [2.24, 2.45) is 14.1 Å². The third-order valence-corrected chi connectivity index (χ3v) is 4.76. The lowest BCUT2D eigenvalue weighted by Gasteiger charge is -2.14. The van der Waals surface area contributed by atoms with Gasteiger partial charge >= 0.3 is 11.7 Å². The summed E-state index contributed by atoms with van der Waals surface area (Å²) in [7, 11) is 2.98. The van der Waals surface area contributed by atoms with Crippen molar-refractivity contribution in [3.05, 3.63) is 26.7 Å². The molecule has 2 rings (SSSR count). The Labute approximate surface area is 149 Å². The van der Waals surface area contributed by atoms with E-state index in [4.69, 9.17) is 4.74 Å². The molecule has 0 saturated carbocycles. The van der Waals surface area contributed by atoms with E-state index in [0.717, 1.165) is 22.7 Å². The first-order chi connectivity index (χ1) is 11.8. The molecular weight excluding hydrogens is 344 g/mol. The first-order valence-electron chi connectivity index (χ1n) is 8.11. The van der Waals surface area contributed by atoms with E-state index in [1.807, 2.05) is 6.92 Å². The topological polar surface area (TPSA) is 96.1 Å². The van der Waals surface area contributed by atoms with Gasteiger partial charge in [-0.2, -0.15) is 0 Å². The molecular formula is C16H22N4O4S. The van der Waals surface area contributed by atoms with E-state index >= 15 is 0 Å². The number of aryl methyl sites for hydroxylation is 2. The fourth-order valence-electron chi connectivity index (χ4n) is 2.37. The predicted octanol–water partition coefficient (Wildman–Crippen LogP) is 1.02. The number of carbonyl (C=O) groups is 1. The molecule has 0 spiro atoms. The lowest BCUT2D eigenvalue weighted by Crippen LogP contribution is -2.38. The van der Waals surface area contributed by atoms with Crippen molar-refractivity contribution in [2.45, 2.75) is 43.9 Å². The van der Waals surface area contributed by atoms with Gasteiger partial charge in [-0.25, -0.2) is 14.8 Å². The van der Waals surface area contributed by atoms with Crippen LogP contribution in [-0.2, 0) is 30.0 Å². The summed E-state index contributed by atoms with van der Waals surface area (Å²) in [5.74, 6) is 0.162. The van der Waals surface area contributed by atoms with Gasteiger partial charge in [0.1, 0.15) is 21.5 Å². The maximum atomic E-state index is 12.6. The molecule has 2 heterocycles. The molecule has 0 aliphatic heterocycles. The second-order valence-electron chi connectivity index (χ2n) is 5.61. The molecule has 0 radical (unpaired) electrons. The fraction of sp³-hybridized carbons (Fsp3) is 0.562. The summed E-state index contributed by atoms with van der Waals surface area (Å²) in [5, 5.41) is 0.102. The Kier molecular flexibility index (Phi) is 5.99. The van der Waals surface area contributed by atoms with Crippen molar-refractivity contribution in [3.63, 3.8) is 0 Å². The van der Waals surface area contributed by atoms with Gasteiger partial charge < -0.3 is 4.74 Å². The molecule has 2 aromatic heterocycles. The maximum absolute atomic E-state index is 12.6. The Balaban J connectivity index is 2.70. The molecule has 0 N–H and O–H groups in total. The molecule has 0 saturated heterocycles. The average molecular weight is 366 g/mol. The van der Waals surface area contributed by atoms with Crippen LogP contribution in [0.2, 0.25) is 0 Å². The van der Waals surface area contributed by atoms with E-state index in [2.05, 4.69) is 9.97 Å². The van der Waals surface area contributed by atoms with E-state index in [0.29, 0.717) is 17.3 Å². The van der Waals surface area contributed by atoms with Gasteiger partial charge in [-0.05, 0) is 20.3 Å². The highest BCUT2D eigenvalue weighted by atomic mass is 32.2. The Bertz CT molecular complexity index is 919. The van der Waals surface area contributed by atoms with Crippen LogP contribution in [0.1, 0.15) is 33.0 Å². The zero-order valence-electron chi connectivity index (χ0n) is 15.0. The number of hydrogen-bond donors (Lipinski definition) is 0. The average Bonchev–Trinajstić information content (AvgIpc) is 2.58. The number of rotatable bonds is 6. The standard InChI is InChI=1S/C16H22N4O4S/c1-6-8-10-17-12-11(14(21)20(5)16(23)19(12)4)13(18-10)25-9(3)15(22)24-7-2/h9H,6-8H2,1-5H3/t9-/m1/s1. The number of carbonyl (C=O) groups excluding carboxylic acids is 1. The molecule has 8 nitrogen and oxygen atoms in total. The summed E-state index contributed by atoms with van der Waals surface area (Å²) in [6.07, 6.45) is 1.43. The summed E-state index contributed by atoms with van der Waals surface area (Å²) in [5.41, 5.74) is -0.641. The van der Waals surface area contributed by atoms with Crippen LogP contribution in [0.25, 0.3) is 11.0 Å². The van der Waals surface area contributed by atoms with Crippen LogP contribution < -0.4 is 11.2 Å². The first kappa shape index (κ1) is 19.2. The monoisotopic (exact) mass is 366 g/mol. The second-order valence-corrected chi connectivity index (χ2v) is 6.94. The molecule has 0 aliphatic rings. The molecule has 0 fully saturated rings. The Morgan fingerprint density at radius 3 is 2.48 bits per heavy atom. The Morgan fingerprint density at radius 2 is 1.88 bits per heavy atom. The predicted molar refractivity (Wildman–Crippen MR) is 96.0 cm³/mol. The quantitative estimate of drug-likeness (QED) is 0.428. The van der Waals surface area contributed by atoms with Gasteiger partial charge in [-0.3, -0.25) is 18.7 Å². The van der Waals surface area contributed by atoms with Gasteiger partial charge in [0.05, 0.1) is 6.61 Å². The summed E-state index contributed by atoms with van der Waals surface area (Å²) in [4.78, 5) is 45.6. The molecule has 0 aliphatic carbocycles. The molecule has 2 aromatic rings. The zero-order valence-corrected chi connectivity index (χ0v) is 15.8. The molecule has 9 heteroatoms. The van der Waals surface area contributed by atoms with Crippen LogP contribution in [-0.4, -0.2) is 36.9 Å².